The van der Waals surface area contributed by atoms with Crippen LogP contribution in [-0.4, -0.2) is 41.6 Å². The smallest absolute Gasteiger partial charge is 0.253 e. The number of ether oxygens (including phenoxy) is 1. The van der Waals surface area contributed by atoms with E-state index in [1.165, 1.54) is 0 Å². The molecule has 1 aromatic heterocycles. The van der Waals surface area contributed by atoms with Gasteiger partial charge in [0.15, 0.2) is 0 Å². The second-order valence-corrected chi connectivity index (χ2v) is 6.56. The van der Waals surface area contributed by atoms with Gasteiger partial charge in [0.05, 0.1) is 30.4 Å². The first-order valence-corrected chi connectivity index (χ1v) is 8.75. The summed E-state index contributed by atoms with van der Waals surface area (Å²) in [7, 11) is 5.63. The average molecular weight is 364 g/mol. The van der Waals surface area contributed by atoms with Crippen molar-refractivity contribution in [3.8, 4) is 11.4 Å². The summed E-state index contributed by atoms with van der Waals surface area (Å²) in [5, 5.41) is 2.98. The minimum Gasteiger partial charge on any atom is -0.497 e. The number of methoxy groups -OCH3 is 1. The van der Waals surface area contributed by atoms with Crippen LogP contribution in [0.4, 0.5) is 0 Å². The number of rotatable bonds is 7. The molecule has 1 heterocycles. The van der Waals surface area contributed by atoms with Crippen molar-refractivity contribution in [1.82, 2.24) is 19.8 Å². The molecule has 2 aromatic carbocycles. The third kappa shape index (κ3) is 4.74. The van der Waals surface area contributed by atoms with Crippen LogP contribution in [0.2, 0.25) is 0 Å². The third-order valence-electron chi connectivity index (χ3n) is 4.13. The summed E-state index contributed by atoms with van der Waals surface area (Å²) in [6.07, 6.45) is 3.70. The normalized spacial score (nSPS) is 10.8. The number of aromatic nitrogens is 2. The molecule has 6 nitrogen and oxygen atoms in total. The van der Waals surface area contributed by atoms with Crippen molar-refractivity contribution in [3.63, 3.8) is 0 Å². The SMILES string of the molecule is COc1cccc(CNC(=O)c2ccccc2-n2cnc(CN(C)C)c2)c1. The number of carbonyl (C=O) groups is 1. The van der Waals surface area contributed by atoms with Gasteiger partial charge in [-0.15, -0.1) is 0 Å². The minimum atomic E-state index is -0.128. The lowest BCUT2D eigenvalue weighted by Crippen LogP contribution is -2.24. The maximum absolute atomic E-state index is 12.8. The maximum Gasteiger partial charge on any atom is 0.253 e. The van der Waals surface area contributed by atoms with Gasteiger partial charge in [-0.2, -0.15) is 0 Å². The highest BCUT2D eigenvalue weighted by Gasteiger charge is 2.13. The van der Waals surface area contributed by atoms with Gasteiger partial charge in [0.1, 0.15) is 5.75 Å². The van der Waals surface area contributed by atoms with Gasteiger partial charge in [-0.05, 0) is 43.9 Å². The summed E-state index contributed by atoms with van der Waals surface area (Å²) in [5.41, 5.74) is 3.34. The number of hydrogen-bond acceptors (Lipinski definition) is 4. The molecule has 0 saturated carbocycles. The van der Waals surface area contributed by atoms with Gasteiger partial charge in [0.25, 0.3) is 5.91 Å². The molecule has 1 amide bonds. The molecule has 0 saturated heterocycles. The molecular weight excluding hydrogens is 340 g/mol. The highest BCUT2D eigenvalue weighted by molar-refractivity contribution is 5.97. The lowest BCUT2D eigenvalue weighted by atomic mass is 10.1. The quantitative estimate of drug-likeness (QED) is 0.700. The molecule has 0 unspecified atom stereocenters. The van der Waals surface area contributed by atoms with Crippen LogP contribution in [0.1, 0.15) is 21.6 Å². The molecule has 6 heteroatoms. The Bertz CT molecular complexity index is 918. The summed E-state index contributed by atoms with van der Waals surface area (Å²) >= 11 is 0. The molecule has 3 aromatic rings. The van der Waals surface area contributed by atoms with Crippen LogP contribution < -0.4 is 10.1 Å². The molecular formula is C21H24N4O2. The van der Waals surface area contributed by atoms with E-state index in [0.29, 0.717) is 12.1 Å². The van der Waals surface area contributed by atoms with E-state index in [1.54, 1.807) is 13.4 Å². The van der Waals surface area contributed by atoms with Gasteiger partial charge in [-0.1, -0.05) is 24.3 Å². The van der Waals surface area contributed by atoms with Crippen molar-refractivity contribution in [2.75, 3.05) is 21.2 Å². The first kappa shape index (κ1) is 18.7. The van der Waals surface area contributed by atoms with E-state index < -0.39 is 0 Å². The Balaban J connectivity index is 1.76. The fraction of sp³-hybridized carbons (Fsp3) is 0.238. The summed E-state index contributed by atoms with van der Waals surface area (Å²) in [6, 6.07) is 15.2. The first-order chi connectivity index (χ1) is 13.1. The lowest BCUT2D eigenvalue weighted by Gasteiger charge is -2.11. The number of para-hydroxylation sites is 1. The van der Waals surface area contributed by atoms with E-state index in [4.69, 9.17) is 4.74 Å². The predicted molar refractivity (Wildman–Crippen MR) is 105 cm³/mol. The molecule has 140 valence electrons. The third-order valence-corrected chi connectivity index (χ3v) is 4.13. The van der Waals surface area contributed by atoms with Gasteiger partial charge in [0.2, 0.25) is 0 Å². The van der Waals surface area contributed by atoms with Crippen molar-refractivity contribution >= 4 is 5.91 Å². The Morgan fingerprint density at radius 3 is 2.78 bits per heavy atom. The van der Waals surface area contributed by atoms with Crippen molar-refractivity contribution in [3.05, 3.63) is 77.9 Å². The molecule has 0 aliphatic heterocycles. The Labute approximate surface area is 159 Å². The standard InChI is InChI=1S/C21H24N4O2/c1-24(2)13-17-14-25(15-23-17)20-10-5-4-9-19(20)21(26)22-12-16-7-6-8-18(11-16)27-3/h4-11,14-15H,12-13H2,1-3H3,(H,22,26). The number of amides is 1. The van der Waals surface area contributed by atoms with Crippen LogP contribution >= 0.6 is 0 Å². The van der Waals surface area contributed by atoms with E-state index in [-0.39, 0.29) is 5.91 Å². The van der Waals surface area contributed by atoms with Gasteiger partial charge < -0.3 is 19.5 Å². The van der Waals surface area contributed by atoms with Crippen LogP contribution in [0.15, 0.2) is 61.1 Å². The predicted octanol–water partition coefficient (Wildman–Crippen LogP) is 2.87. The number of hydrogen-bond donors (Lipinski definition) is 1. The number of nitrogens with one attached hydrogen (secondary N) is 1. The molecule has 0 aliphatic carbocycles. The number of nitrogens with zero attached hydrogens (tertiary/aromatic N) is 3. The van der Waals surface area contributed by atoms with Crippen molar-refractivity contribution < 1.29 is 9.53 Å². The van der Waals surface area contributed by atoms with Crippen LogP contribution in [0.25, 0.3) is 5.69 Å². The highest BCUT2D eigenvalue weighted by Crippen LogP contribution is 2.16. The zero-order valence-electron chi connectivity index (χ0n) is 15.8. The van der Waals surface area contributed by atoms with Gasteiger partial charge in [-0.25, -0.2) is 4.98 Å². The molecule has 1 N–H and O–H groups in total. The summed E-state index contributed by atoms with van der Waals surface area (Å²) in [4.78, 5) is 19.2. The maximum atomic E-state index is 12.8. The number of carbonyl (C=O) groups excluding carboxylic acids is 1. The van der Waals surface area contributed by atoms with Crippen LogP contribution in [-0.2, 0) is 13.1 Å². The number of benzene rings is 2. The summed E-state index contributed by atoms with van der Waals surface area (Å²) in [6.45, 7) is 1.18. The molecule has 0 radical (unpaired) electrons. The van der Waals surface area contributed by atoms with Gasteiger partial charge >= 0.3 is 0 Å². The van der Waals surface area contributed by atoms with E-state index in [0.717, 1.165) is 29.2 Å². The largest absolute Gasteiger partial charge is 0.497 e. The molecule has 0 atom stereocenters. The summed E-state index contributed by atoms with van der Waals surface area (Å²) < 4.78 is 7.11. The fourth-order valence-corrected chi connectivity index (χ4v) is 2.85. The average Bonchev–Trinajstić information content (AvgIpc) is 3.14. The Morgan fingerprint density at radius 1 is 1.19 bits per heavy atom. The highest BCUT2D eigenvalue weighted by atomic mass is 16.5. The molecule has 0 bridgehead atoms. The molecule has 0 aliphatic rings. The van der Waals surface area contributed by atoms with Crippen LogP contribution in [0, 0.1) is 0 Å². The van der Waals surface area contributed by atoms with E-state index >= 15 is 0 Å². The van der Waals surface area contributed by atoms with Crippen LogP contribution in [0.5, 0.6) is 5.75 Å². The Kier molecular flexibility index (Phi) is 5.88. The zero-order chi connectivity index (χ0) is 19.2. The molecule has 0 spiro atoms. The minimum absolute atomic E-state index is 0.128. The lowest BCUT2D eigenvalue weighted by molar-refractivity contribution is 0.0951. The van der Waals surface area contributed by atoms with E-state index in [9.17, 15) is 4.79 Å². The van der Waals surface area contributed by atoms with E-state index in [1.807, 2.05) is 73.4 Å². The molecule has 27 heavy (non-hydrogen) atoms. The molecule has 0 fully saturated rings. The van der Waals surface area contributed by atoms with Crippen LogP contribution in [0.3, 0.4) is 0 Å². The van der Waals surface area contributed by atoms with E-state index in [2.05, 4.69) is 15.2 Å². The fourth-order valence-electron chi connectivity index (χ4n) is 2.85. The monoisotopic (exact) mass is 364 g/mol. The molecule has 3 rings (SSSR count). The van der Waals surface area contributed by atoms with Gasteiger partial charge in [-0.3, -0.25) is 4.79 Å². The van der Waals surface area contributed by atoms with Crippen molar-refractivity contribution in [2.24, 2.45) is 0 Å². The summed E-state index contributed by atoms with van der Waals surface area (Å²) in [5.74, 6) is 0.644. The van der Waals surface area contributed by atoms with Crippen molar-refractivity contribution in [2.45, 2.75) is 13.1 Å². The second kappa shape index (κ2) is 8.51. The number of imidazole rings is 1. The van der Waals surface area contributed by atoms with Gasteiger partial charge in [0, 0.05) is 19.3 Å². The Morgan fingerprint density at radius 2 is 2.00 bits per heavy atom. The van der Waals surface area contributed by atoms with Crippen molar-refractivity contribution in [1.29, 1.82) is 0 Å². The second-order valence-electron chi connectivity index (χ2n) is 6.56. The zero-order valence-corrected chi connectivity index (χ0v) is 15.8. The topological polar surface area (TPSA) is 59.4 Å². The first-order valence-electron chi connectivity index (χ1n) is 8.75. The Hall–Kier alpha value is -3.12.